The molecule has 37 heavy (non-hydrogen) atoms. The van der Waals surface area contributed by atoms with E-state index < -0.39 is 0 Å². The Morgan fingerprint density at radius 3 is 2.59 bits per heavy atom. The van der Waals surface area contributed by atoms with E-state index in [1.54, 1.807) is 19.4 Å². The van der Waals surface area contributed by atoms with Gasteiger partial charge < -0.3 is 14.4 Å². The highest BCUT2D eigenvalue weighted by Crippen LogP contribution is 2.39. The van der Waals surface area contributed by atoms with Gasteiger partial charge in [-0.25, -0.2) is 0 Å². The largest absolute Gasteiger partial charge is 0.497 e. The van der Waals surface area contributed by atoms with E-state index in [0.717, 1.165) is 69.9 Å². The van der Waals surface area contributed by atoms with E-state index in [1.165, 1.54) is 24.0 Å². The summed E-state index contributed by atoms with van der Waals surface area (Å²) in [6.45, 7) is 4.97. The second-order valence-electron chi connectivity index (χ2n) is 10.5. The van der Waals surface area contributed by atoms with Crippen molar-refractivity contribution in [1.82, 2.24) is 20.0 Å². The molecule has 1 N–H and O–H groups in total. The number of para-hydroxylation sites is 1. The third-order valence-electron chi connectivity index (χ3n) is 8.01. The van der Waals surface area contributed by atoms with Crippen LogP contribution >= 0.6 is 0 Å². The van der Waals surface area contributed by atoms with Crippen LogP contribution in [0.4, 0.5) is 0 Å². The van der Waals surface area contributed by atoms with Crippen LogP contribution in [0.1, 0.15) is 53.7 Å². The lowest BCUT2D eigenvalue weighted by Gasteiger charge is -2.45. The quantitative estimate of drug-likeness (QED) is 0.547. The number of hydrogen-bond acceptors (Lipinski definition) is 5. The van der Waals surface area contributed by atoms with Crippen molar-refractivity contribution >= 4 is 5.91 Å². The lowest BCUT2D eigenvalue weighted by molar-refractivity contribution is 0.0357. The number of piperidine rings is 1. The molecule has 0 aliphatic carbocycles. The maximum absolute atomic E-state index is 12.9. The Hall–Kier alpha value is -3.32. The summed E-state index contributed by atoms with van der Waals surface area (Å²) in [4.78, 5) is 17.5. The average Bonchev–Trinajstić information content (AvgIpc) is 3.47. The highest BCUT2D eigenvalue weighted by atomic mass is 16.5. The molecule has 0 unspecified atom stereocenters. The number of likely N-dealkylation sites (tertiary alicyclic amines) is 1. The summed E-state index contributed by atoms with van der Waals surface area (Å²) < 4.78 is 11.7. The number of aryl methyl sites for hydroxylation is 1. The summed E-state index contributed by atoms with van der Waals surface area (Å²) in [7, 11) is 1.70. The average molecular weight is 503 g/mol. The maximum atomic E-state index is 12.9. The van der Waals surface area contributed by atoms with E-state index in [1.807, 2.05) is 17.0 Å². The van der Waals surface area contributed by atoms with Gasteiger partial charge in [-0.05, 0) is 72.9 Å². The van der Waals surface area contributed by atoms with Crippen LogP contribution in [0.15, 0.2) is 60.8 Å². The summed E-state index contributed by atoms with van der Waals surface area (Å²) in [5.41, 5.74) is 3.34. The number of aromatic amines is 1. The van der Waals surface area contributed by atoms with E-state index in [-0.39, 0.29) is 11.3 Å². The van der Waals surface area contributed by atoms with Crippen LogP contribution in [0.3, 0.4) is 0 Å². The maximum Gasteiger partial charge on any atom is 0.271 e. The number of ether oxygens (including phenoxy) is 2. The number of benzene rings is 2. The Balaban J connectivity index is 1.33. The van der Waals surface area contributed by atoms with Gasteiger partial charge in [0.1, 0.15) is 23.8 Å². The molecule has 1 aromatic heterocycles. The number of hydrogen-bond donors (Lipinski definition) is 1. The van der Waals surface area contributed by atoms with Crippen molar-refractivity contribution in [3.05, 3.63) is 77.6 Å². The smallest absolute Gasteiger partial charge is 0.271 e. The van der Waals surface area contributed by atoms with Crippen LogP contribution in [0.2, 0.25) is 0 Å². The number of amides is 1. The number of H-pyrrole nitrogens is 1. The minimum atomic E-state index is 0.0561. The molecule has 7 heteroatoms. The highest BCUT2D eigenvalue weighted by molar-refractivity contribution is 5.92. The molecule has 0 bridgehead atoms. The lowest BCUT2D eigenvalue weighted by atomic mass is 9.73. The van der Waals surface area contributed by atoms with Crippen molar-refractivity contribution in [2.75, 3.05) is 39.9 Å². The van der Waals surface area contributed by atoms with Crippen molar-refractivity contribution in [2.45, 2.75) is 45.1 Å². The summed E-state index contributed by atoms with van der Waals surface area (Å²) in [5.74, 6) is 1.96. The molecule has 1 saturated heterocycles. The van der Waals surface area contributed by atoms with E-state index in [2.05, 4.69) is 51.5 Å². The van der Waals surface area contributed by atoms with Gasteiger partial charge in [0, 0.05) is 38.9 Å². The van der Waals surface area contributed by atoms with Crippen LogP contribution < -0.4 is 9.47 Å². The topological polar surface area (TPSA) is 70.7 Å². The molecule has 5 rings (SSSR count). The monoisotopic (exact) mass is 502 g/mol. The number of methoxy groups -OCH3 is 1. The number of aromatic nitrogens is 2. The normalized spacial score (nSPS) is 18.8. The highest BCUT2D eigenvalue weighted by Gasteiger charge is 2.37. The third-order valence-corrected chi connectivity index (χ3v) is 8.01. The summed E-state index contributed by atoms with van der Waals surface area (Å²) in [6.07, 6.45) is 8.24. The minimum Gasteiger partial charge on any atom is -0.497 e. The van der Waals surface area contributed by atoms with Crippen molar-refractivity contribution < 1.29 is 14.3 Å². The molecular weight excluding hydrogens is 464 g/mol. The number of nitrogens with one attached hydrogen (secondary N) is 1. The lowest BCUT2D eigenvalue weighted by Crippen LogP contribution is -2.48. The van der Waals surface area contributed by atoms with Crippen molar-refractivity contribution in [2.24, 2.45) is 5.41 Å². The van der Waals surface area contributed by atoms with Crippen molar-refractivity contribution in [3.8, 4) is 11.5 Å². The zero-order valence-electron chi connectivity index (χ0n) is 21.8. The summed E-state index contributed by atoms with van der Waals surface area (Å²) in [5, 5.41) is 6.79. The first kappa shape index (κ1) is 25.3. The van der Waals surface area contributed by atoms with Crippen molar-refractivity contribution in [3.63, 3.8) is 0 Å². The number of rotatable bonds is 4. The number of carbonyl (C=O) groups is 1. The predicted octanol–water partition coefficient (Wildman–Crippen LogP) is 4.95. The zero-order chi connectivity index (χ0) is 25.5. The van der Waals surface area contributed by atoms with Gasteiger partial charge >= 0.3 is 0 Å². The summed E-state index contributed by atoms with van der Waals surface area (Å²) in [6, 6.07) is 18.6. The first-order chi connectivity index (χ1) is 18.1. The Bertz CT molecular complexity index is 1140. The zero-order valence-corrected chi connectivity index (χ0v) is 21.8. The van der Waals surface area contributed by atoms with E-state index in [9.17, 15) is 4.79 Å². The molecule has 0 radical (unpaired) electrons. The molecular formula is C30H38N4O3. The number of fused-ring (bicyclic) bond motifs is 1. The first-order valence-electron chi connectivity index (χ1n) is 13.5. The Labute approximate surface area is 219 Å². The molecule has 2 aliphatic rings. The number of nitrogens with zero attached hydrogens (tertiary/aromatic N) is 3. The van der Waals surface area contributed by atoms with Crippen molar-refractivity contribution in [1.29, 1.82) is 0 Å². The van der Waals surface area contributed by atoms with Gasteiger partial charge in [0.05, 0.1) is 7.11 Å². The summed E-state index contributed by atoms with van der Waals surface area (Å²) >= 11 is 0. The molecule has 2 aliphatic heterocycles. The molecule has 1 amide bonds. The molecule has 1 spiro atoms. The van der Waals surface area contributed by atoms with Gasteiger partial charge in [0.15, 0.2) is 0 Å². The van der Waals surface area contributed by atoms with Crippen LogP contribution in [0.5, 0.6) is 11.5 Å². The second kappa shape index (κ2) is 11.8. The van der Waals surface area contributed by atoms with Gasteiger partial charge in [-0.3, -0.25) is 14.8 Å². The fourth-order valence-electron chi connectivity index (χ4n) is 5.85. The van der Waals surface area contributed by atoms with Crippen LogP contribution in [-0.2, 0) is 13.0 Å². The molecule has 7 nitrogen and oxygen atoms in total. The fraction of sp³-hybridized carbons (Fsp3) is 0.467. The molecule has 196 valence electrons. The standard InChI is InChI=1S/C30H38N4O3/c1-36-26-11-9-24(10-12-26)22-33-20-21-37-28-8-3-2-6-25(28)7-4-5-14-30(23-33)15-18-34(19-16-30)29(35)27-13-17-31-32-27/h2-3,6,8-13,17H,4-5,7,14-16,18-23H2,1H3,(H,31,32). The van der Waals surface area contributed by atoms with Crippen LogP contribution in [0, 0.1) is 5.41 Å². The van der Waals surface area contributed by atoms with Gasteiger partial charge in [-0.2, -0.15) is 5.10 Å². The van der Waals surface area contributed by atoms with Crippen LogP contribution in [0.25, 0.3) is 0 Å². The van der Waals surface area contributed by atoms with Gasteiger partial charge in [0.25, 0.3) is 5.91 Å². The molecule has 2 aromatic carbocycles. The molecule has 1 fully saturated rings. The van der Waals surface area contributed by atoms with E-state index in [0.29, 0.717) is 12.3 Å². The Kier molecular flexibility index (Phi) is 8.09. The van der Waals surface area contributed by atoms with Crippen LogP contribution in [-0.4, -0.2) is 65.8 Å². The Morgan fingerprint density at radius 1 is 1.03 bits per heavy atom. The van der Waals surface area contributed by atoms with Gasteiger partial charge in [0.2, 0.25) is 0 Å². The molecule has 0 atom stereocenters. The fourth-order valence-corrected chi connectivity index (χ4v) is 5.85. The first-order valence-corrected chi connectivity index (χ1v) is 13.5. The Morgan fingerprint density at radius 2 is 1.84 bits per heavy atom. The van der Waals surface area contributed by atoms with Gasteiger partial charge in [-0.15, -0.1) is 0 Å². The minimum absolute atomic E-state index is 0.0561. The van der Waals surface area contributed by atoms with E-state index in [4.69, 9.17) is 9.47 Å². The molecule has 0 saturated carbocycles. The number of carbonyl (C=O) groups excluding carboxylic acids is 1. The molecule has 3 aromatic rings. The predicted molar refractivity (Wildman–Crippen MR) is 144 cm³/mol. The third kappa shape index (κ3) is 6.34. The van der Waals surface area contributed by atoms with Gasteiger partial charge in [-0.1, -0.05) is 36.8 Å². The van der Waals surface area contributed by atoms with E-state index >= 15 is 0 Å². The SMILES string of the molecule is COc1ccc(CN2CCOc3ccccc3CCCCC3(CCN(C(=O)c4ccn[nH]4)CC3)C2)cc1. The molecule has 3 heterocycles. The second-order valence-corrected chi connectivity index (χ2v) is 10.5.